The molecule has 1 aliphatic rings. The van der Waals surface area contributed by atoms with Gasteiger partial charge in [-0.1, -0.05) is 28.1 Å². The maximum absolute atomic E-state index is 13.0. The molecule has 0 atom stereocenters. The van der Waals surface area contributed by atoms with Gasteiger partial charge in [-0.05, 0) is 72.3 Å². The van der Waals surface area contributed by atoms with Crippen molar-refractivity contribution in [1.82, 2.24) is 5.32 Å². The number of benzene rings is 3. The molecular formula is C25H17BrFN3O5. The van der Waals surface area contributed by atoms with E-state index < -0.39 is 29.6 Å². The second-order valence-electron chi connectivity index (χ2n) is 7.35. The van der Waals surface area contributed by atoms with Crippen molar-refractivity contribution >= 4 is 57.1 Å². The fourth-order valence-electron chi connectivity index (χ4n) is 3.22. The molecule has 1 saturated heterocycles. The summed E-state index contributed by atoms with van der Waals surface area (Å²) in [7, 11) is 0. The summed E-state index contributed by atoms with van der Waals surface area (Å²) in [5.41, 5.74) is 0.937. The zero-order valence-electron chi connectivity index (χ0n) is 18.0. The third-order valence-electron chi connectivity index (χ3n) is 4.85. The number of carbonyl (C=O) groups is 4. The summed E-state index contributed by atoms with van der Waals surface area (Å²) in [6, 6.07) is 17.3. The maximum Gasteiger partial charge on any atom is 0.335 e. The molecule has 4 rings (SSSR count). The van der Waals surface area contributed by atoms with Gasteiger partial charge in [0.15, 0.2) is 6.61 Å². The van der Waals surface area contributed by atoms with Crippen molar-refractivity contribution in [3.05, 3.63) is 94.2 Å². The first-order valence-electron chi connectivity index (χ1n) is 10.3. The summed E-state index contributed by atoms with van der Waals surface area (Å²) in [5.74, 6) is -2.15. The number of hydrogen-bond acceptors (Lipinski definition) is 5. The second-order valence-corrected chi connectivity index (χ2v) is 8.27. The summed E-state index contributed by atoms with van der Waals surface area (Å²) in [5, 5.41) is 4.74. The molecule has 0 spiro atoms. The summed E-state index contributed by atoms with van der Waals surface area (Å²) < 4.78 is 19.2. The van der Waals surface area contributed by atoms with Crippen LogP contribution in [0.15, 0.2) is 82.8 Å². The number of amides is 5. The first kappa shape index (κ1) is 23.8. The van der Waals surface area contributed by atoms with Crippen molar-refractivity contribution < 1.29 is 28.3 Å². The Kier molecular flexibility index (Phi) is 7.02. The summed E-state index contributed by atoms with van der Waals surface area (Å²) in [6.45, 7) is -0.317. The Morgan fingerprint density at radius 3 is 2.46 bits per heavy atom. The third kappa shape index (κ3) is 5.79. The van der Waals surface area contributed by atoms with E-state index in [0.717, 1.165) is 9.37 Å². The van der Waals surface area contributed by atoms with Crippen molar-refractivity contribution in [2.75, 3.05) is 16.8 Å². The number of hydrogen-bond donors (Lipinski definition) is 2. The van der Waals surface area contributed by atoms with E-state index in [1.54, 1.807) is 48.5 Å². The monoisotopic (exact) mass is 537 g/mol. The van der Waals surface area contributed by atoms with E-state index in [4.69, 9.17) is 4.74 Å². The Balaban J connectivity index is 1.47. The zero-order chi connectivity index (χ0) is 24.9. The van der Waals surface area contributed by atoms with E-state index in [2.05, 4.69) is 26.6 Å². The number of anilines is 2. The average molecular weight is 538 g/mol. The molecule has 0 unspecified atom stereocenters. The van der Waals surface area contributed by atoms with E-state index in [-0.39, 0.29) is 12.2 Å². The van der Waals surface area contributed by atoms with Gasteiger partial charge in [-0.2, -0.15) is 0 Å². The Morgan fingerprint density at radius 1 is 1.03 bits per heavy atom. The van der Waals surface area contributed by atoms with Gasteiger partial charge in [-0.15, -0.1) is 0 Å². The largest absolute Gasteiger partial charge is 0.484 e. The number of barbiturate groups is 1. The summed E-state index contributed by atoms with van der Waals surface area (Å²) >= 11 is 3.29. The quantitative estimate of drug-likeness (QED) is 0.361. The molecule has 0 saturated carbocycles. The van der Waals surface area contributed by atoms with Gasteiger partial charge in [-0.25, -0.2) is 14.1 Å². The molecule has 8 nitrogen and oxygen atoms in total. The van der Waals surface area contributed by atoms with Crippen LogP contribution < -0.4 is 20.3 Å². The van der Waals surface area contributed by atoms with Crippen LogP contribution in [0.1, 0.15) is 5.56 Å². The Morgan fingerprint density at radius 2 is 1.74 bits per heavy atom. The Bertz CT molecular complexity index is 1340. The van der Waals surface area contributed by atoms with Gasteiger partial charge in [0.2, 0.25) is 0 Å². The molecule has 1 heterocycles. The van der Waals surface area contributed by atoms with Crippen LogP contribution in [-0.2, 0) is 14.4 Å². The van der Waals surface area contributed by atoms with Gasteiger partial charge >= 0.3 is 6.03 Å². The molecule has 2 N–H and O–H groups in total. The average Bonchev–Trinajstić information content (AvgIpc) is 2.83. The van der Waals surface area contributed by atoms with Crippen LogP contribution in [0.4, 0.5) is 20.6 Å². The highest BCUT2D eigenvalue weighted by molar-refractivity contribution is 9.10. The lowest BCUT2D eigenvalue weighted by Crippen LogP contribution is -2.54. The van der Waals surface area contributed by atoms with Gasteiger partial charge in [0, 0.05) is 10.2 Å². The van der Waals surface area contributed by atoms with E-state index in [1.807, 2.05) is 0 Å². The van der Waals surface area contributed by atoms with Crippen LogP contribution in [0, 0.1) is 5.82 Å². The molecule has 176 valence electrons. The molecular weight excluding hydrogens is 521 g/mol. The Labute approximate surface area is 207 Å². The third-order valence-corrected chi connectivity index (χ3v) is 5.38. The fourth-order valence-corrected chi connectivity index (χ4v) is 3.49. The molecule has 0 aliphatic carbocycles. The molecule has 3 aromatic rings. The number of imide groups is 2. The minimum absolute atomic E-state index is 0.237. The minimum atomic E-state index is -0.844. The molecule has 0 aromatic heterocycles. The number of rotatable bonds is 6. The molecule has 5 amide bonds. The molecule has 1 fully saturated rings. The van der Waals surface area contributed by atoms with Gasteiger partial charge in [-0.3, -0.25) is 19.7 Å². The molecule has 10 heteroatoms. The highest BCUT2D eigenvalue weighted by Gasteiger charge is 2.36. The van der Waals surface area contributed by atoms with Gasteiger partial charge in [0.1, 0.15) is 17.1 Å². The lowest BCUT2D eigenvalue weighted by molar-refractivity contribution is -0.122. The highest BCUT2D eigenvalue weighted by Crippen LogP contribution is 2.24. The summed E-state index contributed by atoms with van der Waals surface area (Å²) in [4.78, 5) is 50.7. The lowest BCUT2D eigenvalue weighted by Gasteiger charge is -2.26. The molecule has 0 bridgehead atoms. The van der Waals surface area contributed by atoms with Gasteiger partial charge in [0.05, 0.1) is 5.69 Å². The van der Waals surface area contributed by atoms with Crippen LogP contribution in [0.2, 0.25) is 0 Å². The Hall–Kier alpha value is -4.31. The highest BCUT2D eigenvalue weighted by atomic mass is 79.9. The standard InChI is InChI=1S/C25H17BrFN3O5/c26-16-4-10-19(11-5-16)30-24(33)21(23(32)29-25(30)34)13-15-2-1-3-20(12-15)35-14-22(31)28-18-8-6-17(27)7-9-18/h1-13H,14H2,(H,28,31)(H,29,32,34)/b21-13+. The van der Waals surface area contributed by atoms with Crippen molar-refractivity contribution in [2.24, 2.45) is 0 Å². The van der Waals surface area contributed by atoms with E-state index in [1.165, 1.54) is 30.3 Å². The van der Waals surface area contributed by atoms with Crippen LogP contribution in [0.3, 0.4) is 0 Å². The number of carbonyl (C=O) groups excluding carboxylic acids is 4. The van der Waals surface area contributed by atoms with Crippen LogP contribution >= 0.6 is 15.9 Å². The van der Waals surface area contributed by atoms with Crippen LogP contribution in [0.5, 0.6) is 5.75 Å². The van der Waals surface area contributed by atoms with Crippen LogP contribution in [0.25, 0.3) is 6.08 Å². The van der Waals surface area contributed by atoms with E-state index >= 15 is 0 Å². The molecule has 0 radical (unpaired) electrons. The van der Waals surface area contributed by atoms with Gasteiger partial charge in [0.25, 0.3) is 17.7 Å². The SMILES string of the molecule is O=C(COc1cccc(/C=C2\C(=O)NC(=O)N(c3ccc(Br)cc3)C2=O)c1)Nc1ccc(F)cc1. The van der Waals surface area contributed by atoms with E-state index in [0.29, 0.717) is 22.7 Å². The smallest absolute Gasteiger partial charge is 0.335 e. The predicted octanol–water partition coefficient (Wildman–Crippen LogP) is 4.27. The van der Waals surface area contributed by atoms with Crippen LogP contribution in [-0.4, -0.2) is 30.4 Å². The molecule has 1 aliphatic heterocycles. The minimum Gasteiger partial charge on any atom is -0.484 e. The van der Waals surface area contributed by atoms with Crippen molar-refractivity contribution in [3.63, 3.8) is 0 Å². The number of nitrogens with one attached hydrogen (secondary N) is 2. The van der Waals surface area contributed by atoms with Crippen molar-refractivity contribution in [3.8, 4) is 5.75 Å². The number of urea groups is 1. The normalized spacial score (nSPS) is 14.6. The second kappa shape index (κ2) is 10.3. The van der Waals surface area contributed by atoms with E-state index in [9.17, 15) is 23.6 Å². The zero-order valence-corrected chi connectivity index (χ0v) is 19.5. The lowest BCUT2D eigenvalue weighted by atomic mass is 10.1. The number of nitrogens with zero attached hydrogens (tertiary/aromatic N) is 1. The van der Waals surface area contributed by atoms with Crippen molar-refractivity contribution in [2.45, 2.75) is 0 Å². The summed E-state index contributed by atoms with van der Waals surface area (Å²) in [6.07, 6.45) is 1.33. The topological polar surface area (TPSA) is 105 Å². The maximum atomic E-state index is 13.0. The van der Waals surface area contributed by atoms with Crippen molar-refractivity contribution in [1.29, 1.82) is 0 Å². The first-order chi connectivity index (χ1) is 16.8. The number of ether oxygens (including phenoxy) is 1. The van der Waals surface area contributed by atoms with Gasteiger partial charge < -0.3 is 10.1 Å². The first-order valence-corrected chi connectivity index (χ1v) is 11.0. The number of halogens is 2. The fraction of sp³-hybridized carbons (Fsp3) is 0.0400. The predicted molar refractivity (Wildman–Crippen MR) is 130 cm³/mol. The molecule has 35 heavy (non-hydrogen) atoms. The molecule has 3 aromatic carbocycles.